The maximum absolute atomic E-state index is 11.6. The van der Waals surface area contributed by atoms with Crippen molar-refractivity contribution in [2.75, 3.05) is 13.2 Å². The highest BCUT2D eigenvalue weighted by molar-refractivity contribution is 5.88. The predicted octanol–water partition coefficient (Wildman–Crippen LogP) is 0.0894. The van der Waals surface area contributed by atoms with E-state index in [0.717, 1.165) is 6.42 Å². The van der Waals surface area contributed by atoms with E-state index >= 15 is 0 Å². The fraction of sp³-hybridized carbons (Fsp3) is 0.900. The molecular weight excluding hydrogens is 184 g/mol. The number of aliphatic hydroxyl groups excluding tert-OH is 1. The Kier molecular flexibility index (Phi) is 1.75. The van der Waals surface area contributed by atoms with Crippen molar-refractivity contribution in [3.8, 4) is 0 Å². The normalized spacial score (nSPS) is 44.9. The number of fused-ring (bicyclic) bond motifs is 2. The van der Waals surface area contributed by atoms with Gasteiger partial charge in [-0.25, -0.2) is 0 Å². The Morgan fingerprint density at radius 2 is 2.00 bits per heavy atom. The Balaban J connectivity index is 1.87. The molecule has 2 bridgehead atoms. The van der Waals surface area contributed by atoms with Crippen LogP contribution in [0.25, 0.3) is 0 Å². The Hall–Kier alpha value is -0.450. The number of aliphatic hydroxyl groups is 1. The molecule has 3 atom stereocenters. The van der Waals surface area contributed by atoms with Gasteiger partial charge in [0, 0.05) is 18.8 Å². The van der Waals surface area contributed by atoms with Gasteiger partial charge in [-0.05, 0) is 12.3 Å². The van der Waals surface area contributed by atoms with E-state index in [-0.39, 0.29) is 17.6 Å². The number of carbonyl (C=O) groups excluding carboxylic acids is 1. The van der Waals surface area contributed by atoms with E-state index < -0.39 is 11.9 Å². The van der Waals surface area contributed by atoms with Crippen LogP contribution >= 0.6 is 0 Å². The summed E-state index contributed by atoms with van der Waals surface area (Å²) in [6.07, 6.45) is 1.36. The van der Waals surface area contributed by atoms with E-state index in [1.165, 1.54) is 0 Å². The third kappa shape index (κ3) is 1.08. The smallest absolute Gasteiger partial charge is 0.169 e. The van der Waals surface area contributed by atoms with Crippen LogP contribution in [0.2, 0.25) is 0 Å². The summed E-state index contributed by atoms with van der Waals surface area (Å²) in [7, 11) is 0. The number of ether oxygens (including phenoxy) is 2. The maximum Gasteiger partial charge on any atom is 0.169 e. The largest absolute Gasteiger partial charge is 0.385 e. The third-order valence-corrected chi connectivity index (χ3v) is 3.67. The zero-order valence-electron chi connectivity index (χ0n) is 7.94. The SMILES string of the molecule is O=C1C2CC(CC3(C2)OCCO3)C1O. The highest BCUT2D eigenvalue weighted by Gasteiger charge is 2.54. The number of carbonyl (C=O) groups is 1. The van der Waals surface area contributed by atoms with Crippen LogP contribution < -0.4 is 0 Å². The first-order chi connectivity index (χ1) is 6.70. The minimum Gasteiger partial charge on any atom is -0.385 e. The van der Waals surface area contributed by atoms with Gasteiger partial charge in [0.05, 0.1) is 13.2 Å². The summed E-state index contributed by atoms with van der Waals surface area (Å²) in [6.45, 7) is 1.23. The molecule has 78 valence electrons. The summed E-state index contributed by atoms with van der Waals surface area (Å²) in [4.78, 5) is 11.6. The van der Waals surface area contributed by atoms with Crippen molar-refractivity contribution in [3.05, 3.63) is 0 Å². The lowest BCUT2D eigenvalue weighted by Crippen LogP contribution is -2.38. The lowest BCUT2D eigenvalue weighted by Gasteiger charge is -2.34. The molecule has 3 fully saturated rings. The molecule has 2 saturated carbocycles. The highest BCUT2D eigenvalue weighted by atomic mass is 16.7. The van der Waals surface area contributed by atoms with E-state index in [2.05, 4.69) is 0 Å². The molecule has 3 rings (SSSR count). The van der Waals surface area contributed by atoms with Crippen molar-refractivity contribution < 1.29 is 19.4 Å². The second kappa shape index (κ2) is 2.78. The quantitative estimate of drug-likeness (QED) is 0.599. The summed E-state index contributed by atoms with van der Waals surface area (Å²) in [5.74, 6) is -0.534. The molecule has 4 nitrogen and oxygen atoms in total. The van der Waals surface area contributed by atoms with E-state index in [1.807, 2.05) is 0 Å². The molecule has 1 heterocycles. The maximum atomic E-state index is 11.6. The molecule has 0 aromatic carbocycles. The fourth-order valence-electron chi connectivity index (χ4n) is 3.05. The van der Waals surface area contributed by atoms with E-state index in [4.69, 9.17) is 9.47 Å². The summed E-state index contributed by atoms with van der Waals surface area (Å²) in [6, 6.07) is 0. The van der Waals surface area contributed by atoms with Crippen LogP contribution in [0.3, 0.4) is 0 Å². The summed E-state index contributed by atoms with van der Waals surface area (Å²) in [5, 5.41) is 9.65. The van der Waals surface area contributed by atoms with Crippen LogP contribution in [0.5, 0.6) is 0 Å². The lowest BCUT2D eigenvalue weighted by atomic mass is 9.84. The van der Waals surface area contributed by atoms with Gasteiger partial charge in [0.2, 0.25) is 0 Å². The third-order valence-electron chi connectivity index (χ3n) is 3.67. The van der Waals surface area contributed by atoms with Gasteiger partial charge in [-0.1, -0.05) is 0 Å². The standard InChI is InChI=1S/C10H14O4/c11-8-6-3-7(9(8)12)5-10(4-6)13-1-2-14-10/h6-8,11H,1-5H2. The number of Topliss-reactive ketones (excluding diaryl/α,β-unsaturated/α-hetero) is 1. The number of rotatable bonds is 0. The summed E-state index contributed by atoms with van der Waals surface area (Å²) in [5.41, 5.74) is 0. The fourth-order valence-corrected chi connectivity index (χ4v) is 3.05. The van der Waals surface area contributed by atoms with E-state index in [9.17, 15) is 9.90 Å². The first-order valence-electron chi connectivity index (χ1n) is 5.20. The molecule has 0 radical (unpaired) electrons. The average molecular weight is 198 g/mol. The van der Waals surface area contributed by atoms with Gasteiger partial charge >= 0.3 is 0 Å². The Morgan fingerprint density at radius 3 is 2.64 bits per heavy atom. The first-order valence-corrected chi connectivity index (χ1v) is 5.20. The molecule has 1 N–H and O–H groups in total. The van der Waals surface area contributed by atoms with Gasteiger partial charge in [0.25, 0.3) is 0 Å². The molecule has 2 aliphatic carbocycles. The Bertz CT molecular complexity index is 269. The number of ketones is 1. The Morgan fingerprint density at radius 1 is 1.29 bits per heavy atom. The molecule has 4 heteroatoms. The minimum absolute atomic E-state index is 0.00836. The zero-order chi connectivity index (χ0) is 9.76. The molecule has 3 unspecified atom stereocenters. The molecule has 1 saturated heterocycles. The van der Waals surface area contributed by atoms with E-state index in [0.29, 0.717) is 26.1 Å². The van der Waals surface area contributed by atoms with Crippen molar-refractivity contribution in [3.63, 3.8) is 0 Å². The van der Waals surface area contributed by atoms with Crippen LogP contribution in [0.1, 0.15) is 19.3 Å². The predicted molar refractivity (Wildman–Crippen MR) is 46.5 cm³/mol. The van der Waals surface area contributed by atoms with Gasteiger partial charge in [0.1, 0.15) is 6.10 Å². The lowest BCUT2D eigenvalue weighted by molar-refractivity contribution is -0.192. The number of hydrogen-bond donors (Lipinski definition) is 1. The van der Waals surface area contributed by atoms with Gasteiger partial charge in [-0.15, -0.1) is 0 Å². The van der Waals surface area contributed by atoms with Crippen molar-refractivity contribution in [1.29, 1.82) is 0 Å². The average Bonchev–Trinajstić information content (AvgIpc) is 2.69. The van der Waals surface area contributed by atoms with Crippen LogP contribution in [-0.2, 0) is 14.3 Å². The second-order valence-electron chi connectivity index (χ2n) is 4.56. The van der Waals surface area contributed by atoms with Gasteiger partial charge in [-0.2, -0.15) is 0 Å². The topological polar surface area (TPSA) is 55.8 Å². The molecule has 14 heavy (non-hydrogen) atoms. The molecular formula is C10H14O4. The zero-order valence-corrected chi connectivity index (χ0v) is 7.94. The van der Waals surface area contributed by atoms with Crippen molar-refractivity contribution in [1.82, 2.24) is 0 Å². The van der Waals surface area contributed by atoms with Crippen molar-refractivity contribution in [2.45, 2.75) is 31.2 Å². The van der Waals surface area contributed by atoms with Crippen LogP contribution in [0.15, 0.2) is 0 Å². The molecule has 3 aliphatic rings. The first kappa shape index (κ1) is 8.83. The minimum atomic E-state index is -0.771. The van der Waals surface area contributed by atoms with Crippen LogP contribution in [-0.4, -0.2) is 36.0 Å². The molecule has 1 spiro atoms. The molecule has 0 aromatic heterocycles. The van der Waals surface area contributed by atoms with Crippen molar-refractivity contribution >= 4 is 5.78 Å². The van der Waals surface area contributed by atoms with Gasteiger partial charge < -0.3 is 14.6 Å². The molecule has 0 aromatic rings. The second-order valence-corrected chi connectivity index (χ2v) is 4.56. The monoisotopic (exact) mass is 198 g/mol. The summed E-state index contributed by atoms with van der Waals surface area (Å²) >= 11 is 0. The van der Waals surface area contributed by atoms with Gasteiger partial charge in [0.15, 0.2) is 11.6 Å². The van der Waals surface area contributed by atoms with Crippen LogP contribution in [0.4, 0.5) is 0 Å². The molecule has 0 amide bonds. The number of hydrogen-bond acceptors (Lipinski definition) is 4. The summed E-state index contributed by atoms with van der Waals surface area (Å²) < 4.78 is 11.1. The van der Waals surface area contributed by atoms with Gasteiger partial charge in [-0.3, -0.25) is 4.79 Å². The van der Waals surface area contributed by atoms with E-state index in [1.54, 1.807) is 0 Å². The highest BCUT2D eigenvalue weighted by Crippen LogP contribution is 2.48. The van der Waals surface area contributed by atoms with Crippen molar-refractivity contribution in [2.24, 2.45) is 11.8 Å². The molecule has 1 aliphatic heterocycles. The Labute approximate surface area is 82.2 Å². The van der Waals surface area contributed by atoms with Crippen LogP contribution in [0, 0.1) is 11.8 Å².